The van der Waals surface area contributed by atoms with Gasteiger partial charge in [-0.1, -0.05) is 25.8 Å². The minimum Gasteiger partial charge on any atom is -0.491 e. The van der Waals surface area contributed by atoms with Crippen molar-refractivity contribution in [3.63, 3.8) is 0 Å². The normalized spacial score (nSPS) is 25.6. The molecule has 0 spiro atoms. The molecule has 4 nitrogen and oxygen atoms in total. The van der Waals surface area contributed by atoms with Crippen molar-refractivity contribution in [2.75, 3.05) is 26.8 Å². The van der Waals surface area contributed by atoms with E-state index in [1.165, 1.54) is 0 Å². The molecule has 108 valence electrons. The molecule has 1 unspecified atom stereocenters. The summed E-state index contributed by atoms with van der Waals surface area (Å²) in [6.45, 7) is -12.0. The zero-order chi connectivity index (χ0) is 24.5. The molecule has 0 aromatic heterocycles. The van der Waals surface area contributed by atoms with Crippen LogP contribution in [0.5, 0.6) is 5.75 Å². The van der Waals surface area contributed by atoms with Gasteiger partial charge in [-0.25, -0.2) is 0 Å². The van der Waals surface area contributed by atoms with Gasteiger partial charge < -0.3 is 19.9 Å². The summed E-state index contributed by atoms with van der Waals surface area (Å²) in [5.74, 6) is -0.134. The van der Waals surface area contributed by atoms with Gasteiger partial charge in [-0.2, -0.15) is 0 Å². The Morgan fingerprint density at radius 3 is 2.74 bits per heavy atom. The predicted molar refractivity (Wildman–Crippen MR) is 76.7 cm³/mol. The van der Waals surface area contributed by atoms with E-state index >= 15 is 0 Å². The van der Waals surface area contributed by atoms with Crippen LogP contribution in [0.1, 0.15) is 35.7 Å². The number of aryl methyl sites for hydroxylation is 1. The molecule has 0 radical (unpaired) electrons. The molecule has 0 fully saturated rings. The second-order valence-electron chi connectivity index (χ2n) is 3.53. The Hall–Kier alpha value is -1.10. The molecule has 0 aliphatic heterocycles. The largest absolute Gasteiger partial charge is 0.491 e. The quantitative estimate of drug-likeness (QED) is 0.721. The zero-order valence-corrected chi connectivity index (χ0v) is 10.4. The maximum absolute atomic E-state index is 10.1. The van der Waals surface area contributed by atoms with Crippen molar-refractivity contribution >= 4 is 0 Å². The van der Waals surface area contributed by atoms with E-state index in [-0.39, 0.29) is 11.3 Å². The second-order valence-corrected chi connectivity index (χ2v) is 3.53. The fourth-order valence-corrected chi connectivity index (χ4v) is 1.12. The van der Waals surface area contributed by atoms with E-state index in [0.29, 0.717) is 0 Å². The fourth-order valence-electron chi connectivity index (χ4n) is 1.12. The molecular weight excluding hydrogens is 242 g/mol. The summed E-state index contributed by atoms with van der Waals surface area (Å²) < 4.78 is 100. The summed E-state index contributed by atoms with van der Waals surface area (Å²) in [6, 6.07) is 2.65. The van der Waals surface area contributed by atoms with Gasteiger partial charge in [0.05, 0.1) is 12.0 Å². The third-order valence-electron chi connectivity index (χ3n) is 1.98. The summed E-state index contributed by atoms with van der Waals surface area (Å²) in [5.41, 5.74) is -0.104. The molecule has 1 atom stereocenters. The molecule has 4 heteroatoms. The molecule has 0 heterocycles. The lowest BCUT2D eigenvalue weighted by Crippen LogP contribution is -2.35. The lowest BCUT2D eigenvalue weighted by atomic mass is 10.1. The highest BCUT2D eigenvalue weighted by molar-refractivity contribution is 5.27. The van der Waals surface area contributed by atoms with Crippen LogP contribution in [0.4, 0.5) is 0 Å². The molecule has 0 amide bonds. The number of ether oxygens (including phenoxy) is 2. The van der Waals surface area contributed by atoms with Crippen LogP contribution in [0.25, 0.3) is 0 Å². The molecule has 0 bridgehead atoms. The van der Waals surface area contributed by atoms with Crippen molar-refractivity contribution in [3.8, 4) is 5.75 Å². The van der Waals surface area contributed by atoms with Gasteiger partial charge in [0.2, 0.25) is 0 Å². The summed E-state index contributed by atoms with van der Waals surface area (Å²) in [7, 11) is 1.02. The Morgan fingerprint density at radius 1 is 1.37 bits per heavy atom. The Labute approximate surface area is 132 Å². The van der Waals surface area contributed by atoms with Crippen molar-refractivity contribution in [2.45, 2.75) is 32.2 Å². The average Bonchev–Trinajstić information content (AvgIpc) is 2.59. The molecule has 1 rings (SSSR count). The van der Waals surface area contributed by atoms with Gasteiger partial charge in [0.15, 0.2) is 0 Å². The van der Waals surface area contributed by atoms with Crippen molar-refractivity contribution in [1.29, 1.82) is 0 Å². The standard InChI is InChI=1S/C15H25NO3/c1-12(2)16-10-14(17)11-19-15-6-4-13(5-7-15)8-9-18-3/h4-7,12,14,16-17H,8-11H2,1-3H3/i1D3,2D3,8D2,9D2,11D2. The molecule has 0 aliphatic rings. The number of aliphatic hydroxyl groups is 1. The monoisotopic (exact) mass is 279 g/mol. The SMILES string of the molecule is [2H]C([2H])([2H])C(NCC(O)C([2H])([2H])Oc1ccc(C([2H])([2H])C([2H])([2H])OC)cc1)C([2H])([2H])[2H]. The fraction of sp³-hybridized carbons (Fsp3) is 0.600. The van der Waals surface area contributed by atoms with Crippen molar-refractivity contribution < 1.29 is 31.0 Å². The van der Waals surface area contributed by atoms with Crippen LogP contribution in [0.3, 0.4) is 0 Å². The van der Waals surface area contributed by atoms with Crippen LogP contribution >= 0.6 is 0 Å². The lowest BCUT2D eigenvalue weighted by Gasteiger charge is -2.15. The van der Waals surface area contributed by atoms with E-state index < -0.39 is 51.9 Å². The van der Waals surface area contributed by atoms with Gasteiger partial charge in [-0.3, -0.25) is 0 Å². The van der Waals surface area contributed by atoms with E-state index in [0.717, 1.165) is 31.4 Å². The summed E-state index contributed by atoms with van der Waals surface area (Å²) in [4.78, 5) is 0. The molecule has 0 saturated carbocycles. The Morgan fingerprint density at radius 2 is 2.11 bits per heavy atom. The van der Waals surface area contributed by atoms with E-state index in [4.69, 9.17) is 21.2 Å². The number of hydrogen-bond donors (Lipinski definition) is 2. The number of hydrogen-bond acceptors (Lipinski definition) is 4. The van der Waals surface area contributed by atoms with Crippen LogP contribution in [-0.2, 0) is 11.1 Å². The van der Waals surface area contributed by atoms with Crippen LogP contribution in [0, 0.1) is 0 Å². The number of nitrogens with one attached hydrogen (secondary N) is 1. The molecule has 1 aromatic carbocycles. The minimum atomic E-state index is -2.92. The van der Waals surface area contributed by atoms with Crippen LogP contribution < -0.4 is 10.1 Å². The summed E-state index contributed by atoms with van der Waals surface area (Å²) in [6.07, 6.45) is -4.48. The van der Waals surface area contributed by atoms with Gasteiger partial charge in [0.25, 0.3) is 0 Å². The summed E-state index contributed by atoms with van der Waals surface area (Å²) in [5, 5.41) is 12.2. The third-order valence-corrected chi connectivity index (χ3v) is 1.98. The number of aliphatic hydroxyl groups excluding tert-OH is 1. The Kier molecular flexibility index (Phi) is 2.68. The number of rotatable bonds is 9. The van der Waals surface area contributed by atoms with Crippen molar-refractivity contribution in [1.82, 2.24) is 5.32 Å². The highest BCUT2D eigenvalue weighted by Crippen LogP contribution is 2.12. The predicted octanol–water partition coefficient (Wildman–Crippen LogP) is 1.61. The highest BCUT2D eigenvalue weighted by Gasteiger charge is 2.05. The lowest BCUT2D eigenvalue weighted by molar-refractivity contribution is 0.104. The first-order chi connectivity index (χ1) is 13.8. The van der Waals surface area contributed by atoms with Crippen LogP contribution in [0.15, 0.2) is 24.3 Å². The third kappa shape index (κ3) is 7.15. The molecular formula is C15H25NO3. The molecule has 2 N–H and O–H groups in total. The van der Waals surface area contributed by atoms with Gasteiger partial charge in [-0.15, -0.1) is 0 Å². The van der Waals surface area contributed by atoms with Crippen molar-refractivity contribution in [3.05, 3.63) is 29.8 Å². The van der Waals surface area contributed by atoms with Gasteiger partial charge in [0.1, 0.15) is 18.4 Å². The van der Waals surface area contributed by atoms with E-state index in [1.807, 2.05) is 0 Å². The van der Waals surface area contributed by atoms with Crippen LogP contribution in [0.2, 0.25) is 0 Å². The molecule has 1 aromatic rings. The number of methoxy groups -OCH3 is 1. The Bertz CT molecular complexity index is 703. The maximum atomic E-state index is 10.1. The first-order valence-corrected chi connectivity index (χ1v) is 5.52. The highest BCUT2D eigenvalue weighted by atomic mass is 16.5. The average molecular weight is 279 g/mol. The molecule has 0 aliphatic carbocycles. The zero-order valence-electron chi connectivity index (χ0n) is 22.4. The van der Waals surface area contributed by atoms with Gasteiger partial charge >= 0.3 is 0 Å². The topological polar surface area (TPSA) is 50.7 Å². The second kappa shape index (κ2) is 8.91. The van der Waals surface area contributed by atoms with Gasteiger partial charge in [-0.05, 0) is 24.1 Å². The van der Waals surface area contributed by atoms with E-state index in [1.54, 1.807) is 0 Å². The Balaban J connectivity index is 2.90. The number of benzene rings is 1. The smallest absolute Gasteiger partial charge is 0.119 e. The van der Waals surface area contributed by atoms with E-state index in [9.17, 15) is 5.11 Å². The van der Waals surface area contributed by atoms with E-state index in [2.05, 4.69) is 10.1 Å². The summed E-state index contributed by atoms with van der Waals surface area (Å²) >= 11 is 0. The first-order valence-electron chi connectivity index (χ1n) is 11.5. The molecule has 19 heavy (non-hydrogen) atoms. The molecule has 0 saturated heterocycles. The van der Waals surface area contributed by atoms with Crippen molar-refractivity contribution in [2.24, 2.45) is 0 Å². The van der Waals surface area contributed by atoms with Crippen LogP contribution in [-0.4, -0.2) is 44.0 Å². The maximum Gasteiger partial charge on any atom is 0.119 e. The first kappa shape index (κ1) is 5.72. The van der Waals surface area contributed by atoms with Gasteiger partial charge in [0, 0.05) is 30.7 Å². The minimum absolute atomic E-state index is 0.104.